The first-order valence-corrected chi connectivity index (χ1v) is 3.85. The van der Waals surface area contributed by atoms with E-state index in [-0.39, 0.29) is 11.6 Å². The van der Waals surface area contributed by atoms with Crippen LogP contribution in [0.25, 0.3) is 11.2 Å². The van der Waals surface area contributed by atoms with Crippen molar-refractivity contribution in [3.63, 3.8) is 0 Å². The van der Waals surface area contributed by atoms with E-state index in [0.29, 0.717) is 4.57 Å². The summed E-state index contributed by atoms with van der Waals surface area (Å²) >= 11 is 0. The summed E-state index contributed by atoms with van der Waals surface area (Å²) < 4.78 is 44.7. The maximum absolute atomic E-state index is 11.8. The molecule has 4 N–H and O–H groups in total. The van der Waals surface area contributed by atoms with E-state index >= 15 is 0 Å². The van der Waals surface area contributed by atoms with Crippen molar-refractivity contribution in [1.29, 1.82) is 0 Å². The smallest absolute Gasteiger partial charge is 0.278 e. The van der Waals surface area contributed by atoms with Gasteiger partial charge in [-0.1, -0.05) is 0 Å². The van der Waals surface area contributed by atoms with Crippen molar-refractivity contribution in [3.05, 3.63) is 16.7 Å². The first-order valence-electron chi connectivity index (χ1n) is 6.85. The maximum Gasteiger partial charge on any atom is 0.278 e. The lowest BCUT2D eigenvalue weighted by molar-refractivity contribution is 0.175. The molecule has 2 aromatic rings. The summed E-state index contributed by atoms with van der Waals surface area (Å²) in [6.45, 7) is -6.53. The molecule has 2 heterocycles. The Bertz CT molecular complexity index is 748. The molecule has 0 aliphatic heterocycles. The number of nitrogens with one attached hydrogen (secondary N) is 1. The van der Waals surface area contributed by atoms with Crippen molar-refractivity contribution in [3.8, 4) is 0 Å². The van der Waals surface area contributed by atoms with Gasteiger partial charge in [0.2, 0.25) is 5.95 Å². The molecule has 0 saturated heterocycles. The monoisotopic (exact) mass is 215 g/mol. The highest BCUT2D eigenvalue weighted by Gasteiger charge is 2.10. The van der Waals surface area contributed by atoms with Gasteiger partial charge in [-0.3, -0.25) is 9.78 Å². The van der Waals surface area contributed by atoms with E-state index in [1.165, 1.54) is 0 Å². The molecule has 0 aliphatic rings. The van der Waals surface area contributed by atoms with E-state index in [2.05, 4.69) is 15.0 Å². The van der Waals surface area contributed by atoms with Gasteiger partial charge in [0.1, 0.15) is 0 Å². The molecular weight excluding hydrogens is 198 g/mol. The Morgan fingerprint density at radius 1 is 2.00 bits per heavy atom. The number of aliphatic hydroxyl groups is 1. The van der Waals surface area contributed by atoms with Crippen LogP contribution in [0.5, 0.6) is 0 Å². The van der Waals surface area contributed by atoms with Crippen LogP contribution in [0.3, 0.4) is 0 Å². The predicted molar refractivity (Wildman–Crippen MR) is 54.2 cm³/mol. The van der Waals surface area contributed by atoms with E-state index < -0.39 is 30.5 Å². The molecule has 2 rings (SSSR count). The van der Waals surface area contributed by atoms with Crippen LogP contribution in [0.15, 0.2) is 11.1 Å². The number of nitrogens with zero attached hydrogens (tertiary/aromatic N) is 3. The Morgan fingerprint density at radius 2 is 2.80 bits per heavy atom. The third-order valence-corrected chi connectivity index (χ3v) is 1.66. The Balaban J connectivity index is 2.75. The van der Waals surface area contributed by atoms with E-state index in [9.17, 15) is 9.90 Å². The topological polar surface area (TPSA) is 110 Å². The Morgan fingerprint density at radius 3 is 3.53 bits per heavy atom. The SMILES string of the molecule is [2H]C([2H])([2H])C([2H])(O)C([2H])([2H])n1cnc2nc(N)[nH]c(=O)c21. The molecule has 0 aliphatic carbocycles. The van der Waals surface area contributed by atoms with Crippen molar-refractivity contribution in [2.24, 2.45) is 0 Å². The number of H-pyrrole nitrogens is 1. The average molecular weight is 215 g/mol. The van der Waals surface area contributed by atoms with Gasteiger partial charge in [-0.15, -0.1) is 0 Å². The van der Waals surface area contributed by atoms with Crippen molar-refractivity contribution in [1.82, 2.24) is 19.5 Å². The zero-order valence-electron chi connectivity index (χ0n) is 13.4. The van der Waals surface area contributed by atoms with Gasteiger partial charge < -0.3 is 15.4 Å². The zero-order chi connectivity index (χ0) is 16.2. The number of imidazole rings is 1. The number of anilines is 1. The molecule has 0 fully saturated rings. The second-order valence-corrected chi connectivity index (χ2v) is 2.70. The van der Waals surface area contributed by atoms with Gasteiger partial charge in [-0.2, -0.15) is 4.98 Å². The van der Waals surface area contributed by atoms with Crippen LogP contribution in [0.4, 0.5) is 5.95 Å². The first kappa shape index (κ1) is 4.75. The van der Waals surface area contributed by atoms with Gasteiger partial charge in [0.05, 0.1) is 23.0 Å². The molecular formula is C8H11N5O2. The van der Waals surface area contributed by atoms with Crippen molar-refractivity contribution >= 4 is 17.1 Å². The van der Waals surface area contributed by atoms with Crippen LogP contribution in [0.2, 0.25) is 0 Å². The Labute approximate surface area is 93.0 Å². The Hall–Kier alpha value is -1.89. The zero-order valence-corrected chi connectivity index (χ0v) is 7.35. The molecule has 1 unspecified atom stereocenters. The molecule has 0 aromatic carbocycles. The molecule has 2 aromatic heterocycles. The van der Waals surface area contributed by atoms with Gasteiger partial charge in [-0.05, 0) is 6.85 Å². The van der Waals surface area contributed by atoms with Crippen LogP contribution >= 0.6 is 0 Å². The van der Waals surface area contributed by atoms with Crippen LogP contribution in [0, 0.1) is 0 Å². The number of nitrogens with two attached hydrogens (primary N) is 1. The average Bonchev–Trinajstić information content (AvgIpc) is 2.71. The molecule has 80 valence electrons. The van der Waals surface area contributed by atoms with Gasteiger partial charge in [0.25, 0.3) is 5.56 Å². The van der Waals surface area contributed by atoms with Crippen LogP contribution in [-0.4, -0.2) is 30.7 Å². The molecule has 15 heavy (non-hydrogen) atoms. The minimum Gasteiger partial charge on any atom is -0.392 e. The fourth-order valence-corrected chi connectivity index (χ4v) is 1.15. The third kappa shape index (κ3) is 1.68. The fraction of sp³-hybridized carbons (Fsp3) is 0.375. The molecule has 0 amide bonds. The Kier molecular flexibility index (Phi) is 1.06. The number of hydrogen-bond acceptors (Lipinski definition) is 5. The molecule has 7 nitrogen and oxygen atoms in total. The largest absolute Gasteiger partial charge is 0.392 e. The van der Waals surface area contributed by atoms with E-state index in [4.69, 9.17) is 14.0 Å². The molecule has 1 atom stereocenters. The molecule has 7 heteroatoms. The van der Waals surface area contributed by atoms with Gasteiger partial charge in [-0.25, -0.2) is 4.98 Å². The minimum atomic E-state index is -3.51. The molecule has 0 radical (unpaired) electrons. The highest BCUT2D eigenvalue weighted by molar-refractivity contribution is 5.70. The number of rotatable bonds is 2. The summed E-state index contributed by atoms with van der Waals surface area (Å²) in [6, 6.07) is 0. The number of aromatic nitrogens is 4. The molecule has 0 spiro atoms. The minimum absolute atomic E-state index is 0.235. The van der Waals surface area contributed by atoms with Crippen molar-refractivity contribution < 1.29 is 13.3 Å². The highest BCUT2D eigenvalue weighted by Crippen LogP contribution is 2.06. The normalized spacial score (nSPS) is 23.0. The van der Waals surface area contributed by atoms with Crippen LogP contribution < -0.4 is 11.3 Å². The second-order valence-electron chi connectivity index (χ2n) is 2.70. The van der Waals surface area contributed by atoms with Crippen molar-refractivity contribution in [2.45, 2.75) is 19.4 Å². The lowest BCUT2D eigenvalue weighted by Crippen LogP contribution is -2.17. The summed E-state index contributed by atoms with van der Waals surface area (Å²) in [5.74, 6) is -0.254. The van der Waals surface area contributed by atoms with Crippen molar-refractivity contribution in [2.75, 3.05) is 5.73 Å². The van der Waals surface area contributed by atoms with Gasteiger partial charge in [0, 0.05) is 4.11 Å². The van der Waals surface area contributed by atoms with E-state index in [0.717, 1.165) is 6.33 Å². The molecule has 0 saturated carbocycles. The summed E-state index contributed by atoms with van der Waals surface area (Å²) in [5, 5.41) is 9.78. The standard InChI is InChI=1S/C8H11N5O2/c1-4(14)2-13-3-10-6-5(13)7(15)12-8(9)11-6/h3-4,14H,2H2,1H3,(H3,9,11,12,15)/i1D3,2D2,4D. The predicted octanol–water partition coefficient (Wildman–Crippen LogP) is -0.917. The number of nitrogen functional groups attached to an aromatic ring is 1. The first-order chi connectivity index (χ1) is 9.39. The summed E-state index contributed by atoms with van der Waals surface area (Å²) in [5.41, 5.74) is 3.76. The van der Waals surface area contributed by atoms with Crippen LogP contribution in [-0.2, 0) is 6.50 Å². The summed E-state index contributed by atoms with van der Waals surface area (Å²) in [4.78, 5) is 21.2. The van der Waals surface area contributed by atoms with Gasteiger partial charge >= 0.3 is 0 Å². The van der Waals surface area contributed by atoms with Crippen LogP contribution in [0.1, 0.15) is 15.1 Å². The number of hydrogen-bond donors (Lipinski definition) is 3. The van der Waals surface area contributed by atoms with Gasteiger partial charge in [0.15, 0.2) is 11.2 Å². The summed E-state index contributed by atoms with van der Waals surface area (Å²) in [7, 11) is 0. The second kappa shape index (κ2) is 3.35. The summed E-state index contributed by atoms with van der Waals surface area (Å²) in [6.07, 6.45) is -2.74. The quantitative estimate of drug-likeness (QED) is 0.600. The van der Waals surface area contributed by atoms with E-state index in [1.54, 1.807) is 0 Å². The lowest BCUT2D eigenvalue weighted by Gasteiger charge is -2.05. The fourth-order valence-electron chi connectivity index (χ4n) is 1.15. The maximum atomic E-state index is 11.8. The van der Waals surface area contributed by atoms with E-state index in [1.807, 2.05) is 0 Å². The highest BCUT2D eigenvalue weighted by atomic mass is 16.3. The molecule has 0 bridgehead atoms. The number of aromatic amines is 1. The number of fused-ring (bicyclic) bond motifs is 1. The lowest BCUT2D eigenvalue weighted by atomic mass is 10.4. The third-order valence-electron chi connectivity index (χ3n) is 1.66.